The van der Waals surface area contributed by atoms with Crippen molar-refractivity contribution in [3.05, 3.63) is 99.0 Å². The number of aromatic nitrogens is 2. The Morgan fingerprint density at radius 1 is 1.02 bits per heavy atom. The number of nitrogens with one attached hydrogen (secondary N) is 1. The standard InChI is InChI=1S/C27H20FN5O6S3/c28-15-3-7-17(8-4-15)33-24(35)21-20(14-2-1-11-30-12-14)23-26(40-22(21)25(33)36)32(27(37)41-23)13-19(34)31-16-5-9-18(10-6-16)42(29,38)39/h1-12,20-22H,13H2,(H,31,34)(H2,29,38,39)/t20-,21-,22+/m0/s1. The molecule has 15 heteroatoms. The maximum Gasteiger partial charge on any atom is 0.308 e. The summed E-state index contributed by atoms with van der Waals surface area (Å²) in [6.45, 7) is -0.393. The van der Waals surface area contributed by atoms with E-state index in [-0.39, 0.29) is 16.3 Å². The number of hydrogen-bond donors (Lipinski definition) is 2. The van der Waals surface area contributed by atoms with Gasteiger partial charge < -0.3 is 5.32 Å². The largest absolute Gasteiger partial charge is 0.325 e. The number of nitrogens with two attached hydrogens (primary N) is 1. The van der Waals surface area contributed by atoms with Crippen molar-refractivity contribution >= 4 is 62.2 Å². The number of hydrogen-bond acceptors (Lipinski definition) is 9. The van der Waals surface area contributed by atoms with Crippen LogP contribution in [0, 0.1) is 11.7 Å². The maximum atomic E-state index is 13.8. The molecule has 0 unspecified atom stereocenters. The van der Waals surface area contributed by atoms with Gasteiger partial charge in [0.15, 0.2) is 0 Å². The lowest BCUT2D eigenvalue weighted by molar-refractivity contribution is -0.122. The minimum absolute atomic E-state index is 0.124. The minimum Gasteiger partial charge on any atom is -0.325 e. The topological polar surface area (TPSA) is 162 Å². The van der Waals surface area contributed by atoms with Gasteiger partial charge in [-0.25, -0.2) is 22.8 Å². The Bertz CT molecular complexity index is 1890. The summed E-state index contributed by atoms with van der Waals surface area (Å²) in [6, 6.07) is 13.7. The van der Waals surface area contributed by atoms with Crippen molar-refractivity contribution in [1.29, 1.82) is 0 Å². The summed E-state index contributed by atoms with van der Waals surface area (Å²) >= 11 is 1.94. The molecule has 0 saturated carbocycles. The Hall–Kier alpha value is -4.18. The highest BCUT2D eigenvalue weighted by Crippen LogP contribution is 2.53. The third kappa shape index (κ3) is 4.93. The van der Waals surface area contributed by atoms with Gasteiger partial charge in [-0.1, -0.05) is 29.2 Å². The second-order valence-electron chi connectivity index (χ2n) is 9.56. The van der Waals surface area contributed by atoms with Gasteiger partial charge in [-0.2, -0.15) is 0 Å². The SMILES string of the molecule is NS(=O)(=O)c1ccc(NC(=O)Cn2c3c(sc2=O)[C@@H](c2cccnc2)[C@@H]2C(=O)N(c4ccc(F)cc4)C(=O)[C@@H]2S3)cc1. The number of thioether (sulfide) groups is 1. The van der Waals surface area contributed by atoms with E-state index < -0.39 is 62.1 Å². The molecule has 1 saturated heterocycles. The fraction of sp³-hybridized carbons (Fsp3) is 0.148. The number of primary sulfonamides is 1. The number of pyridine rings is 1. The van der Waals surface area contributed by atoms with Crippen molar-refractivity contribution in [2.24, 2.45) is 11.1 Å². The zero-order chi connectivity index (χ0) is 29.8. The number of carbonyl (C=O) groups excluding carboxylic acids is 3. The van der Waals surface area contributed by atoms with Crippen LogP contribution in [0.25, 0.3) is 0 Å². The van der Waals surface area contributed by atoms with Crippen LogP contribution in [0.5, 0.6) is 0 Å². The first kappa shape index (κ1) is 28.0. The van der Waals surface area contributed by atoms with Crippen LogP contribution in [0.15, 0.2) is 87.8 Å². The van der Waals surface area contributed by atoms with E-state index in [1.54, 1.807) is 24.5 Å². The lowest BCUT2D eigenvalue weighted by Crippen LogP contribution is -2.33. The van der Waals surface area contributed by atoms with E-state index in [2.05, 4.69) is 10.3 Å². The molecule has 2 aliphatic heterocycles. The van der Waals surface area contributed by atoms with Crippen LogP contribution in [0.3, 0.4) is 0 Å². The number of halogens is 1. The third-order valence-corrected chi connectivity index (χ3v) is 10.5. The second kappa shape index (κ2) is 10.6. The number of benzene rings is 2. The number of amides is 3. The Morgan fingerprint density at radius 3 is 2.38 bits per heavy atom. The van der Waals surface area contributed by atoms with Crippen LogP contribution in [0.2, 0.25) is 0 Å². The van der Waals surface area contributed by atoms with Gasteiger partial charge in [-0.3, -0.25) is 28.7 Å². The number of nitrogens with zero attached hydrogens (tertiary/aromatic N) is 3. The molecule has 6 rings (SSSR count). The van der Waals surface area contributed by atoms with E-state index in [9.17, 15) is 32.0 Å². The zero-order valence-corrected chi connectivity index (χ0v) is 23.8. The minimum atomic E-state index is -3.91. The van der Waals surface area contributed by atoms with Crippen molar-refractivity contribution in [1.82, 2.24) is 9.55 Å². The summed E-state index contributed by atoms with van der Waals surface area (Å²) in [7, 11) is -3.91. The van der Waals surface area contributed by atoms with E-state index in [0.29, 0.717) is 15.5 Å². The van der Waals surface area contributed by atoms with Gasteiger partial charge in [0.25, 0.3) is 0 Å². The Balaban J connectivity index is 1.35. The summed E-state index contributed by atoms with van der Waals surface area (Å²) in [5, 5.41) is 7.22. The number of sulfonamides is 1. The van der Waals surface area contributed by atoms with Gasteiger partial charge in [0.2, 0.25) is 27.7 Å². The molecular formula is C27H20FN5O6S3. The highest BCUT2D eigenvalue weighted by Gasteiger charge is 2.56. The van der Waals surface area contributed by atoms with Crippen LogP contribution < -0.4 is 20.2 Å². The van der Waals surface area contributed by atoms with Gasteiger partial charge in [0.05, 0.1) is 21.5 Å². The molecule has 0 bridgehead atoms. The third-order valence-electron chi connectivity index (χ3n) is 6.95. The summed E-state index contributed by atoms with van der Waals surface area (Å²) in [4.78, 5) is 58.8. The molecule has 11 nitrogen and oxygen atoms in total. The second-order valence-corrected chi connectivity index (χ2v) is 13.2. The van der Waals surface area contributed by atoms with E-state index >= 15 is 0 Å². The number of imide groups is 1. The molecule has 3 atom stereocenters. The molecule has 2 aromatic heterocycles. The van der Waals surface area contributed by atoms with Crippen molar-refractivity contribution in [2.75, 3.05) is 10.2 Å². The molecule has 4 aromatic rings. The normalized spacial score (nSPS) is 19.9. The van der Waals surface area contributed by atoms with E-state index in [0.717, 1.165) is 28.0 Å². The quantitative estimate of drug-likeness (QED) is 0.309. The number of rotatable bonds is 6. The molecule has 42 heavy (non-hydrogen) atoms. The molecular weight excluding hydrogens is 606 g/mol. The van der Waals surface area contributed by atoms with E-state index in [4.69, 9.17) is 5.14 Å². The van der Waals surface area contributed by atoms with E-state index in [1.165, 1.54) is 53.1 Å². The fourth-order valence-corrected chi connectivity index (χ4v) is 8.38. The molecule has 2 aliphatic rings. The summed E-state index contributed by atoms with van der Waals surface area (Å²) in [5.74, 6) is -3.61. The molecule has 3 amide bonds. The molecule has 1 fully saturated rings. The number of anilines is 2. The van der Waals surface area contributed by atoms with Crippen molar-refractivity contribution < 1.29 is 27.2 Å². The lowest BCUT2D eigenvalue weighted by atomic mass is 9.84. The van der Waals surface area contributed by atoms with Gasteiger partial charge in [-0.15, -0.1) is 0 Å². The summed E-state index contributed by atoms with van der Waals surface area (Å²) in [5.41, 5.74) is 1.15. The van der Waals surface area contributed by atoms with Crippen LogP contribution in [-0.2, 0) is 31.0 Å². The van der Waals surface area contributed by atoms with Gasteiger partial charge in [0, 0.05) is 28.9 Å². The average molecular weight is 626 g/mol. The van der Waals surface area contributed by atoms with Crippen molar-refractivity contribution in [3.63, 3.8) is 0 Å². The Kier molecular flexibility index (Phi) is 7.04. The van der Waals surface area contributed by atoms with Gasteiger partial charge in [0.1, 0.15) is 17.6 Å². The molecule has 3 N–H and O–H groups in total. The molecule has 2 aromatic carbocycles. The number of thiazole rings is 1. The van der Waals surface area contributed by atoms with Crippen molar-refractivity contribution in [2.45, 2.75) is 27.6 Å². The first-order valence-corrected chi connectivity index (χ1v) is 15.6. The highest BCUT2D eigenvalue weighted by atomic mass is 32.2. The Morgan fingerprint density at radius 2 is 1.74 bits per heavy atom. The zero-order valence-electron chi connectivity index (χ0n) is 21.3. The molecule has 214 valence electrons. The molecule has 0 radical (unpaired) electrons. The predicted molar refractivity (Wildman–Crippen MR) is 153 cm³/mol. The predicted octanol–water partition coefficient (Wildman–Crippen LogP) is 2.53. The number of fused-ring (bicyclic) bond motifs is 2. The average Bonchev–Trinajstić information content (AvgIpc) is 3.40. The maximum absolute atomic E-state index is 13.8. The first-order chi connectivity index (χ1) is 20.0. The summed E-state index contributed by atoms with van der Waals surface area (Å²) < 4.78 is 37.8. The number of carbonyl (C=O) groups is 3. The van der Waals surface area contributed by atoms with Crippen molar-refractivity contribution in [3.8, 4) is 0 Å². The van der Waals surface area contributed by atoms with Gasteiger partial charge >= 0.3 is 4.87 Å². The van der Waals surface area contributed by atoms with Gasteiger partial charge in [-0.05, 0) is 60.2 Å². The van der Waals surface area contributed by atoms with Crippen LogP contribution in [-0.4, -0.2) is 40.9 Å². The molecule has 0 aliphatic carbocycles. The molecule has 0 spiro atoms. The fourth-order valence-electron chi connectivity index (χ4n) is 5.09. The highest BCUT2D eigenvalue weighted by molar-refractivity contribution is 8.00. The van der Waals surface area contributed by atoms with Crippen LogP contribution in [0.1, 0.15) is 16.4 Å². The Labute approximate surface area is 246 Å². The monoisotopic (exact) mass is 625 g/mol. The van der Waals surface area contributed by atoms with Crippen LogP contribution in [0.4, 0.5) is 15.8 Å². The summed E-state index contributed by atoms with van der Waals surface area (Å²) in [6.07, 6.45) is 3.14. The van der Waals surface area contributed by atoms with Crippen LogP contribution >= 0.6 is 23.1 Å². The molecule has 4 heterocycles. The smallest absolute Gasteiger partial charge is 0.308 e. The van der Waals surface area contributed by atoms with E-state index in [1.807, 2.05) is 0 Å². The lowest BCUT2D eigenvalue weighted by Gasteiger charge is -2.30. The first-order valence-electron chi connectivity index (χ1n) is 12.4.